The van der Waals surface area contributed by atoms with E-state index < -0.39 is 0 Å². The van der Waals surface area contributed by atoms with Gasteiger partial charge in [0.25, 0.3) is 0 Å². The van der Waals surface area contributed by atoms with Crippen LogP contribution in [-0.4, -0.2) is 36.0 Å². The van der Waals surface area contributed by atoms with Gasteiger partial charge in [0.15, 0.2) is 0 Å². The van der Waals surface area contributed by atoms with E-state index in [1.165, 1.54) is 57.9 Å². The summed E-state index contributed by atoms with van der Waals surface area (Å²) in [4.78, 5) is 14.4. The normalized spacial score (nSPS) is 26.9. The highest BCUT2D eigenvalue weighted by atomic mass is 16.1. The van der Waals surface area contributed by atoms with Gasteiger partial charge in [0.05, 0.1) is 0 Å². The van der Waals surface area contributed by atoms with Crippen LogP contribution in [0, 0.1) is 0 Å². The van der Waals surface area contributed by atoms with Crippen LogP contribution < -0.4 is 5.32 Å². The van der Waals surface area contributed by atoms with Crippen LogP contribution in [0.15, 0.2) is 0 Å². The summed E-state index contributed by atoms with van der Waals surface area (Å²) in [6, 6.07) is 1.18. The SMILES string of the molecule is CCCC(=O)N[C@H]1CCCN(C2CCCCCC2)C1. The van der Waals surface area contributed by atoms with Crippen molar-refractivity contribution in [3.63, 3.8) is 0 Å². The summed E-state index contributed by atoms with van der Waals surface area (Å²) >= 11 is 0. The Kier molecular flexibility index (Phi) is 6.15. The molecule has 110 valence electrons. The molecule has 1 aliphatic heterocycles. The number of hydrogen-bond donors (Lipinski definition) is 1. The van der Waals surface area contributed by atoms with Crippen molar-refractivity contribution in [3.05, 3.63) is 0 Å². The molecule has 0 aromatic carbocycles. The molecule has 2 aliphatic rings. The lowest BCUT2D eigenvalue weighted by Crippen LogP contribution is -2.50. The topological polar surface area (TPSA) is 32.3 Å². The summed E-state index contributed by atoms with van der Waals surface area (Å²) in [6.45, 7) is 4.39. The number of amides is 1. The fourth-order valence-electron chi connectivity index (χ4n) is 3.61. The maximum absolute atomic E-state index is 11.7. The number of carbonyl (C=O) groups excluding carboxylic acids is 1. The van der Waals surface area contributed by atoms with E-state index in [4.69, 9.17) is 0 Å². The third-order valence-electron chi connectivity index (χ3n) is 4.64. The molecule has 1 atom stereocenters. The standard InChI is InChI=1S/C16H30N2O/c1-2-8-16(19)17-14-9-7-12-18(13-14)15-10-5-3-4-6-11-15/h14-15H,2-13H2,1H3,(H,17,19)/t14-/m0/s1. The van der Waals surface area contributed by atoms with E-state index in [1.807, 2.05) is 0 Å². The molecule has 1 heterocycles. The fourth-order valence-corrected chi connectivity index (χ4v) is 3.61. The lowest BCUT2D eigenvalue weighted by atomic mass is 10.00. The zero-order valence-corrected chi connectivity index (χ0v) is 12.5. The smallest absolute Gasteiger partial charge is 0.220 e. The van der Waals surface area contributed by atoms with E-state index in [0.29, 0.717) is 12.5 Å². The molecule has 0 unspecified atom stereocenters. The Hall–Kier alpha value is -0.570. The molecule has 1 amide bonds. The minimum Gasteiger partial charge on any atom is -0.352 e. The second kappa shape index (κ2) is 7.88. The van der Waals surface area contributed by atoms with Gasteiger partial charge in [0.1, 0.15) is 0 Å². The van der Waals surface area contributed by atoms with Gasteiger partial charge in [-0.15, -0.1) is 0 Å². The van der Waals surface area contributed by atoms with Crippen molar-refractivity contribution in [2.24, 2.45) is 0 Å². The van der Waals surface area contributed by atoms with Gasteiger partial charge in [0.2, 0.25) is 5.91 Å². The molecule has 0 radical (unpaired) electrons. The quantitative estimate of drug-likeness (QED) is 0.793. The molecule has 0 spiro atoms. The first-order valence-electron chi connectivity index (χ1n) is 8.33. The largest absolute Gasteiger partial charge is 0.352 e. The van der Waals surface area contributed by atoms with Gasteiger partial charge in [-0.1, -0.05) is 32.6 Å². The van der Waals surface area contributed by atoms with Crippen LogP contribution >= 0.6 is 0 Å². The second-order valence-corrected chi connectivity index (χ2v) is 6.30. The molecule has 2 rings (SSSR count). The minimum atomic E-state index is 0.246. The van der Waals surface area contributed by atoms with E-state index in [0.717, 1.165) is 19.0 Å². The molecule has 0 aromatic rings. The van der Waals surface area contributed by atoms with Gasteiger partial charge in [-0.3, -0.25) is 9.69 Å². The van der Waals surface area contributed by atoms with Crippen LogP contribution in [0.25, 0.3) is 0 Å². The highest BCUT2D eigenvalue weighted by Crippen LogP contribution is 2.24. The third kappa shape index (κ3) is 4.79. The summed E-state index contributed by atoms with van der Waals surface area (Å²) < 4.78 is 0. The number of likely N-dealkylation sites (tertiary alicyclic amines) is 1. The molecule has 1 N–H and O–H groups in total. The van der Waals surface area contributed by atoms with Crippen LogP contribution in [0.5, 0.6) is 0 Å². The van der Waals surface area contributed by atoms with Crippen molar-refractivity contribution in [3.8, 4) is 0 Å². The number of nitrogens with zero attached hydrogens (tertiary/aromatic N) is 1. The van der Waals surface area contributed by atoms with Crippen molar-refractivity contribution in [1.29, 1.82) is 0 Å². The highest BCUT2D eigenvalue weighted by molar-refractivity contribution is 5.76. The van der Waals surface area contributed by atoms with Crippen LogP contribution in [0.3, 0.4) is 0 Å². The van der Waals surface area contributed by atoms with Gasteiger partial charge in [-0.25, -0.2) is 0 Å². The summed E-state index contributed by atoms with van der Waals surface area (Å²) in [5, 5.41) is 3.22. The average Bonchev–Trinajstić information content (AvgIpc) is 2.68. The number of rotatable bonds is 4. The Labute approximate surface area is 118 Å². The van der Waals surface area contributed by atoms with E-state index >= 15 is 0 Å². The van der Waals surface area contributed by atoms with Gasteiger partial charge >= 0.3 is 0 Å². The summed E-state index contributed by atoms with van der Waals surface area (Å²) in [5.41, 5.74) is 0. The van der Waals surface area contributed by atoms with E-state index in [2.05, 4.69) is 17.1 Å². The zero-order chi connectivity index (χ0) is 13.5. The van der Waals surface area contributed by atoms with E-state index in [9.17, 15) is 4.79 Å². The molecule has 2 fully saturated rings. The molecule has 1 aliphatic carbocycles. The van der Waals surface area contributed by atoms with Crippen LogP contribution in [-0.2, 0) is 4.79 Å². The van der Waals surface area contributed by atoms with Crippen molar-refractivity contribution < 1.29 is 4.79 Å². The molecule has 3 heteroatoms. The van der Waals surface area contributed by atoms with Crippen LogP contribution in [0.2, 0.25) is 0 Å². The molecule has 1 saturated heterocycles. The minimum absolute atomic E-state index is 0.246. The van der Waals surface area contributed by atoms with Gasteiger partial charge in [-0.05, 0) is 38.6 Å². The van der Waals surface area contributed by atoms with Gasteiger partial charge in [0, 0.05) is 25.0 Å². The molecule has 1 saturated carbocycles. The molecule has 0 aromatic heterocycles. The Balaban J connectivity index is 1.80. The number of carbonyl (C=O) groups is 1. The fraction of sp³-hybridized carbons (Fsp3) is 0.938. The number of piperidine rings is 1. The Morgan fingerprint density at radius 3 is 2.53 bits per heavy atom. The lowest BCUT2D eigenvalue weighted by Gasteiger charge is -2.38. The average molecular weight is 266 g/mol. The summed E-state index contributed by atoms with van der Waals surface area (Å²) in [7, 11) is 0. The predicted octanol–water partition coefficient (Wildman–Crippen LogP) is 3.09. The molecular formula is C16H30N2O. The first kappa shape index (κ1) is 14.8. The Morgan fingerprint density at radius 2 is 1.84 bits per heavy atom. The maximum Gasteiger partial charge on any atom is 0.220 e. The Bertz CT molecular complexity index is 272. The Morgan fingerprint density at radius 1 is 1.11 bits per heavy atom. The molecular weight excluding hydrogens is 236 g/mol. The first-order valence-corrected chi connectivity index (χ1v) is 8.33. The summed E-state index contributed by atoms with van der Waals surface area (Å²) in [5.74, 6) is 0.246. The third-order valence-corrected chi connectivity index (χ3v) is 4.64. The van der Waals surface area contributed by atoms with Crippen LogP contribution in [0.4, 0.5) is 0 Å². The second-order valence-electron chi connectivity index (χ2n) is 6.30. The first-order chi connectivity index (χ1) is 9.29. The van der Waals surface area contributed by atoms with Crippen molar-refractivity contribution in [2.45, 2.75) is 83.2 Å². The van der Waals surface area contributed by atoms with Crippen molar-refractivity contribution in [1.82, 2.24) is 10.2 Å². The maximum atomic E-state index is 11.7. The number of nitrogens with one attached hydrogen (secondary N) is 1. The van der Waals surface area contributed by atoms with Crippen molar-refractivity contribution in [2.75, 3.05) is 13.1 Å². The monoisotopic (exact) mass is 266 g/mol. The molecule has 19 heavy (non-hydrogen) atoms. The van der Waals surface area contributed by atoms with Crippen molar-refractivity contribution >= 4 is 5.91 Å². The lowest BCUT2D eigenvalue weighted by molar-refractivity contribution is -0.122. The molecule has 0 bridgehead atoms. The zero-order valence-electron chi connectivity index (χ0n) is 12.5. The van der Waals surface area contributed by atoms with E-state index in [1.54, 1.807) is 0 Å². The van der Waals surface area contributed by atoms with Gasteiger partial charge in [-0.2, -0.15) is 0 Å². The highest BCUT2D eigenvalue weighted by Gasteiger charge is 2.26. The summed E-state index contributed by atoms with van der Waals surface area (Å²) in [6.07, 6.45) is 12.4. The molecule has 3 nitrogen and oxygen atoms in total. The predicted molar refractivity (Wildman–Crippen MR) is 79.1 cm³/mol. The van der Waals surface area contributed by atoms with E-state index in [-0.39, 0.29) is 5.91 Å². The van der Waals surface area contributed by atoms with Gasteiger partial charge < -0.3 is 5.32 Å². The number of hydrogen-bond acceptors (Lipinski definition) is 2. The van der Waals surface area contributed by atoms with Crippen LogP contribution in [0.1, 0.15) is 71.1 Å².